The lowest BCUT2D eigenvalue weighted by Gasteiger charge is -2.36. The van der Waals surface area contributed by atoms with Crippen LogP contribution in [0.5, 0.6) is 0 Å². The van der Waals surface area contributed by atoms with Crippen LogP contribution in [0.1, 0.15) is 27.7 Å². The molecule has 0 saturated heterocycles. The maximum atomic E-state index is 10.9. The topological polar surface area (TPSA) is 53.9 Å². The monoisotopic (exact) mass is 303 g/mol. The molecule has 1 amide bonds. The van der Waals surface area contributed by atoms with E-state index in [1.807, 2.05) is 20.8 Å². The molecule has 17 heavy (non-hydrogen) atoms. The lowest BCUT2D eigenvalue weighted by atomic mass is 10.2. The smallest absolute Gasteiger partial charge is 0.240 e. The van der Waals surface area contributed by atoms with Gasteiger partial charge in [-0.25, -0.2) is 10.3 Å². The molecular weight excluding hydrogens is 286 g/mol. The molecule has 0 spiro atoms. The van der Waals surface area contributed by atoms with Gasteiger partial charge in [-0.1, -0.05) is 15.9 Å². The molecule has 0 bridgehead atoms. The number of hydroxylamine groups is 1. The number of carbonyl (C=O) groups excluding carboxylic acids is 1. The van der Waals surface area contributed by atoms with Crippen molar-refractivity contribution < 1.29 is 9.63 Å². The van der Waals surface area contributed by atoms with E-state index < -0.39 is 0 Å². The summed E-state index contributed by atoms with van der Waals surface area (Å²) in [4.78, 5) is 22.8. The van der Waals surface area contributed by atoms with Gasteiger partial charge < -0.3 is 4.90 Å². The molecule has 1 aliphatic rings. The maximum absolute atomic E-state index is 10.9. The second kappa shape index (κ2) is 6.16. The third-order valence-electron chi connectivity index (χ3n) is 2.58. The summed E-state index contributed by atoms with van der Waals surface area (Å²) in [6.07, 6.45) is -0.333. The number of hydrogen-bond donors (Lipinski definition) is 1. The number of nitrogens with one attached hydrogen (secondary N) is 1. The molecule has 1 atom stereocenters. The first kappa shape index (κ1) is 14.2. The molecule has 1 unspecified atom stereocenters. The van der Waals surface area contributed by atoms with Crippen molar-refractivity contribution in [2.24, 2.45) is 4.99 Å². The normalized spacial score (nSPS) is 20.4. The van der Waals surface area contributed by atoms with E-state index in [0.29, 0.717) is 0 Å². The fraction of sp³-hybridized carbons (Fsp3) is 0.636. The molecule has 1 N–H and O–H groups in total. The summed E-state index contributed by atoms with van der Waals surface area (Å²) in [7, 11) is 0. The Morgan fingerprint density at radius 2 is 2.18 bits per heavy atom. The van der Waals surface area contributed by atoms with E-state index in [4.69, 9.17) is 4.84 Å². The Kier molecular flexibility index (Phi) is 5.14. The van der Waals surface area contributed by atoms with Crippen LogP contribution in [0, 0.1) is 0 Å². The van der Waals surface area contributed by atoms with Crippen LogP contribution in [0.4, 0.5) is 0 Å². The van der Waals surface area contributed by atoms with Crippen LogP contribution in [-0.4, -0.2) is 34.6 Å². The van der Waals surface area contributed by atoms with Gasteiger partial charge in [-0.2, -0.15) is 0 Å². The van der Waals surface area contributed by atoms with E-state index in [1.54, 1.807) is 0 Å². The number of rotatable bonds is 4. The van der Waals surface area contributed by atoms with Crippen molar-refractivity contribution in [1.82, 2.24) is 10.4 Å². The average molecular weight is 304 g/mol. The van der Waals surface area contributed by atoms with E-state index >= 15 is 0 Å². The lowest BCUT2D eigenvalue weighted by molar-refractivity contribution is -0.139. The van der Waals surface area contributed by atoms with Crippen LogP contribution in [0.15, 0.2) is 16.4 Å². The van der Waals surface area contributed by atoms with Crippen LogP contribution < -0.4 is 5.48 Å². The standard InChI is InChI=1S/C11H18BrN3O2/c1-7-9(3)15(6-5-12)11(8(2)13-7)17-14-10(4)16/h11H,5-6H2,1-4H3,(H,14,16). The van der Waals surface area contributed by atoms with Gasteiger partial charge in [0.05, 0.1) is 11.4 Å². The average Bonchev–Trinajstić information content (AvgIpc) is 2.24. The molecule has 0 radical (unpaired) electrons. The Bertz CT molecular complexity index is 366. The van der Waals surface area contributed by atoms with Crippen LogP contribution in [-0.2, 0) is 9.63 Å². The minimum Gasteiger partial charge on any atom is -0.341 e. The highest BCUT2D eigenvalue weighted by atomic mass is 79.9. The van der Waals surface area contributed by atoms with Crippen LogP contribution in [0.25, 0.3) is 0 Å². The molecule has 6 heteroatoms. The fourth-order valence-electron chi connectivity index (χ4n) is 1.67. The first-order chi connectivity index (χ1) is 7.97. The Morgan fingerprint density at radius 3 is 2.71 bits per heavy atom. The van der Waals surface area contributed by atoms with Crippen molar-refractivity contribution in [3.8, 4) is 0 Å². The summed E-state index contributed by atoms with van der Waals surface area (Å²) in [5.74, 6) is -0.222. The number of nitrogens with zero attached hydrogens (tertiary/aromatic N) is 2. The second-order valence-corrected chi connectivity index (χ2v) is 4.73. The number of carbonyl (C=O) groups is 1. The number of amides is 1. The minimum atomic E-state index is -0.333. The largest absolute Gasteiger partial charge is 0.341 e. The highest BCUT2D eigenvalue weighted by molar-refractivity contribution is 9.09. The van der Waals surface area contributed by atoms with Gasteiger partial charge in [-0.15, -0.1) is 0 Å². The van der Waals surface area contributed by atoms with Crippen molar-refractivity contribution in [3.63, 3.8) is 0 Å². The zero-order valence-corrected chi connectivity index (χ0v) is 12.2. The second-order valence-electron chi connectivity index (χ2n) is 3.93. The molecule has 1 aliphatic heterocycles. The molecule has 0 fully saturated rings. The number of hydrogen-bond acceptors (Lipinski definition) is 4. The number of halogens is 1. The predicted molar refractivity (Wildman–Crippen MR) is 70.7 cm³/mol. The van der Waals surface area contributed by atoms with Crippen molar-refractivity contribution in [2.75, 3.05) is 11.9 Å². The summed E-state index contributed by atoms with van der Waals surface area (Å²) in [5, 5.41) is 0.824. The van der Waals surface area contributed by atoms with Gasteiger partial charge in [0, 0.05) is 24.5 Å². The SMILES string of the molecule is CC(=O)NOC1C(C)=NC(C)=C(C)N1CCBr. The molecule has 0 aromatic rings. The van der Waals surface area contributed by atoms with E-state index in [0.717, 1.165) is 29.0 Å². The Labute approximate surface area is 110 Å². The molecule has 0 aromatic carbocycles. The highest BCUT2D eigenvalue weighted by Crippen LogP contribution is 2.21. The van der Waals surface area contributed by atoms with Crippen molar-refractivity contribution >= 4 is 27.5 Å². The third-order valence-corrected chi connectivity index (χ3v) is 2.93. The van der Waals surface area contributed by atoms with E-state index in [1.165, 1.54) is 6.92 Å². The Morgan fingerprint density at radius 1 is 1.53 bits per heavy atom. The molecule has 0 saturated carbocycles. The van der Waals surface area contributed by atoms with Gasteiger partial charge in [0.15, 0.2) is 6.23 Å². The fourth-order valence-corrected chi connectivity index (χ4v) is 2.06. The van der Waals surface area contributed by atoms with E-state index in [-0.39, 0.29) is 12.1 Å². The number of aliphatic imine (C=N–C) groups is 1. The third kappa shape index (κ3) is 3.54. The maximum Gasteiger partial charge on any atom is 0.240 e. The molecule has 1 rings (SSSR count). The summed E-state index contributed by atoms with van der Waals surface area (Å²) in [6.45, 7) is 8.06. The summed E-state index contributed by atoms with van der Waals surface area (Å²) in [6, 6.07) is 0. The highest BCUT2D eigenvalue weighted by Gasteiger charge is 2.27. The van der Waals surface area contributed by atoms with Gasteiger partial charge >= 0.3 is 0 Å². The van der Waals surface area contributed by atoms with Crippen molar-refractivity contribution in [2.45, 2.75) is 33.9 Å². The minimum absolute atomic E-state index is 0.222. The Hall–Kier alpha value is -0.880. The van der Waals surface area contributed by atoms with Gasteiger partial charge in [0.25, 0.3) is 0 Å². The van der Waals surface area contributed by atoms with Gasteiger partial charge in [0.2, 0.25) is 5.91 Å². The van der Waals surface area contributed by atoms with Crippen molar-refractivity contribution in [1.29, 1.82) is 0 Å². The lowest BCUT2D eigenvalue weighted by Crippen LogP contribution is -2.47. The summed E-state index contributed by atoms with van der Waals surface area (Å²) in [5.41, 5.74) is 5.24. The van der Waals surface area contributed by atoms with Gasteiger partial charge in [-0.05, 0) is 20.8 Å². The van der Waals surface area contributed by atoms with Crippen LogP contribution in [0.2, 0.25) is 0 Å². The molecule has 1 heterocycles. The quantitative estimate of drug-likeness (QED) is 0.636. The first-order valence-corrected chi connectivity index (χ1v) is 6.57. The number of allylic oxidation sites excluding steroid dienone is 2. The van der Waals surface area contributed by atoms with Crippen molar-refractivity contribution in [3.05, 3.63) is 11.4 Å². The Balaban J connectivity index is 2.85. The van der Waals surface area contributed by atoms with E-state index in [9.17, 15) is 4.79 Å². The predicted octanol–water partition coefficient (Wildman–Crippen LogP) is 1.80. The number of alkyl halides is 1. The van der Waals surface area contributed by atoms with Gasteiger partial charge in [-0.3, -0.25) is 9.79 Å². The molecule has 0 aromatic heterocycles. The molecule has 0 aliphatic carbocycles. The van der Waals surface area contributed by atoms with Crippen LogP contribution >= 0.6 is 15.9 Å². The first-order valence-electron chi connectivity index (χ1n) is 5.45. The van der Waals surface area contributed by atoms with Gasteiger partial charge in [0.1, 0.15) is 0 Å². The van der Waals surface area contributed by atoms with Crippen LogP contribution in [0.3, 0.4) is 0 Å². The van der Waals surface area contributed by atoms with E-state index in [2.05, 4.69) is 31.3 Å². The molecular formula is C11H18BrN3O2. The zero-order chi connectivity index (χ0) is 13.0. The zero-order valence-electron chi connectivity index (χ0n) is 10.6. The molecule has 96 valence electrons. The molecule has 5 nitrogen and oxygen atoms in total. The summed E-state index contributed by atoms with van der Waals surface area (Å²) >= 11 is 3.41. The summed E-state index contributed by atoms with van der Waals surface area (Å²) < 4.78 is 0.